The van der Waals surface area contributed by atoms with E-state index in [0.717, 1.165) is 41.7 Å². The Bertz CT molecular complexity index is 1550. The Balaban J connectivity index is 1.28. The van der Waals surface area contributed by atoms with Gasteiger partial charge in [-0.15, -0.1) is 0 Å². The topological polar surface area (TPSA) is 99.8 Å². The van der Waals surface area contributed by atoms with Gasteiger partial charge >= 0.3 is 0 Å². The first-order valence-corrected chi connectivity index (χ1v) is 16.8. The van der Waals surface area contributed by atoms with Gasteiger partial charge in [-0.25, -0.2) is 0 Å². The van der Waals surface area contributed by atoms with Crippen molar-refractivity contribution in [3.8, 4) is 5.75 Å². The fraction of sp³-hybridized carbons (Fsp3) is 0.410. The summed E-state index contributed by atoms with van der Waals surface area (Å²) in [7, 11) is 1.71. The quantitative estimate of drug-likeness (QED) is 0.232. The van der Waals surface area contributed by atoms with E-state index in [-0.39, 0.29) is 30.2 Å². The van der Waals surface area contributed by atoms with E-state index in [9.17, 15) is 14.4 Å². The number of carbonyl (C=O) groups excluding carboxylic acids is 3. The predicted octanol–water partition coefficient (Wildman–Crippen LogP) is 5.38. The second-order valence-corrected chi connectivity index (χ2v) is 13.0. The molecule has 8 nitrogen and oxygen atoms in total. The number of hydrogen-bond donors (Lipinski definition) is 3. The highest BCUT2D eigenvalue weighted by molar-refractivity contribution is 5.93. The number of nitrogens with zero attached hydrogens (tertiary/aromatic N) is 1. The third kappa shape index (κ3) is 8.69. The van der Waals surface area contributed by atoms with Crippen molar-refractivity contribution in [2.75, 3.05) is 13.6 Å². The van der Waals surface area contributed by atoms with Gasteiger partial charge in [0.15, 0.2) is 0 Å². The largest absolute Gasteiger partial charge is 0.489 e. The summed E-state index contributed by atoms with van der Waals surface area (Å²) in [6, 6.07) is 22.2. The molecule has 4 atom stereocenters. The average molecular weight is 637 g/mol. The molecule has 2 aliphatic rings. The third-order valence-corrected chi connectivity index (χ3v) is 9.33. The van der Waals surface area contributed by atoms with E-state index < -0.39 is 18.1 Å². The van der Waals surface area contributed by atoms with Crippen LogP contribution in [-0.2, 0) is 33.8 Å². The van der Waals surface area contributed by atoms with Crippen molar-refractivity contribution in [3.63, 3.8) is 0 Å². The molecule has 0 fully saturated rings. The molecule has 8 heteroatoms. The molecule has 0 saturated heterocycles. The number of likely N-dealkylation sites (N-methyl/N-ethyl adjacent to an activating group) is 1. The zero-order valence-electron chi connectivity index (χ0n) is 28.0. The molecule has 3 aromatic rings. The summed E-state index contributed by atoms with van der Waals surface area (Å²) in [5.74, 6) is 0.480. The van der Waals surface area contributed by atoms with Crippen LogP contribution in [0.1, 0.15) is 79.8 Å². The number of hydrogen-bond acceptors (Lipinski definition) is 5. The molecular weight excluding hydrogens is 588 g/mol. The van der Waals surface area contributed by atoms with Gasteiger partial charge in [0, 0.05) is 13.0 Å². The number of rotatable bonds is 12. The maximum atomic E-state index is 14.2. The lowest BCUT2D eigenvalue weighted by atomic mass is 9.87. The molecule has 0 radical (unpaired) electrons. The van der Waals surface area contributed by atoms with Crippen LogP contribution in [0.5, 0.6) is 5.75 Å². The highest BCUT2D eigenvalue weighted by Gasteiger charge is 2.36. The predicted molar refractivity (Wildman–Crippen MR) is 185 cm³/mol. The zero-order valence-corrected chi connectivity index (χ0v) is 28.0. The summed E-state index contributed by atoms with van der Waals surface area (Å²) in [6.07, 6.45) is 7.44. The number of nitrogens with one attached hydrogen (secondary N) is 3. The highest BCUT2D eigenvalue weighted by Crippen LogP contribution is 2.30. The first-order chi connectivity index (χ1) is 22.7. The van der Waals surface area contributed by atoms with Gasteiger partial charge in [0.05, 0.1) is 12.1 Å². The second-order valence-electron chi connectivity index (χ2n) is 13.0. The molecule has 5 rings (SSSR count). The van der Waals surface area contributed by atoms with Crippen LogP contribution in [-0.4, -0.2) is 54.3 Å². The van der Waals surface area contributed by atoms with Crippen LogP contribution < -0.4 is 20.7 Å². The summed E-state index contributed by atoms with van der Waals surface area (Å²) in [4.78, 5) is 42.6. The van der Waals surface area contributed by atoms with Crippen LogP contribution in [0.3, 0.4) is 0 Å². The minimum Gasteiger partial charge on any atom is -0.489 e. The van der Waals surface area contributed by atoms with Gasteiger partial charge in [0.2, 0.25) is 17.7 Å². The van der Waals surface area contributed by atoms with Crippen molar-refractivity contribution in [1.29, 1.82) is 0 Å². The molecule has 1 heterocycles. The van der Waals surface area contributed by atoms with Crippen molar-refractivity contribution >= 4 is 17.7 Å². The standard InChI is InChI=1S/C39H48N4O4/c1-26(2)30-19-15-29(16-20-30)25-47-32-21-17-28(18-22-32)24-35(42-37(44)27(3)40-4)39(46)43-23-8-7-14-36(43)38(45)41-34-13-9-11-31-10-5-6-12-33(31)34/h5-8,10,12,15-22,26-27,34-36,40H,9,11,13-14,23-25H2,1-4H3,(H,41,45)(H,42,44)/t27-,34?,35?,36?/m0/s1. The van der Waals surface area contributed by atoms with Crippen LogP contribution in [0, 0.1) is 0 Å². The zero-order chi connectivity index (χ0) is 33.3. The number of ether oxygens (including phenoxy) is 1. The van der Waals surface area contributed by atoms with Crippen LogP contribution in [0.2, 0.25) is 0 Å². The average Bonchev–Trinajstić information content (AvgIpc) is 3.10. The van der Waals surface area contributed by atoms with E-state index >= 15 is 0 Å². The molecular formula is C39H48N4O4. The van der Waals surface area contributed by atoms with Gasteiger partial charge in [0.1, 0.15) is 24.4 Å². The molecule has 248 valence electrons. The van der Waals surface area contributed by atoms with E-state index in [2.05, 4.69) is 66.2 Å². The monoisotopic (exact) mass is 636 g/mol. The lowest BCUT2D eigenvalue weighted by Gasteiger charge is -2.36. The van der Waals surface area contributed by atoms with Gasteiger partial charge < -0.3 is 25.6 Å². The van der Waals surface area contributed by atoms with E-state index in [1.54, 1.807) is 18.9 Å². The van der Waals surface area contributed by atoms with Gasteiger partial charge in [-0.05, 0) is 85.5 Å². The van der Waals surface area contributed by atoms with Crippen molar-refractivity contribution in [3.05, 3.63) is 113 Å². The van der Waals surface area contributed by atoms with E-state index in [1.807, 2.05) is 48.6 Å². The second kappa shape index (κ2) is 15.9. The Labute approximate surface area is 279 Å². The van der Waals surface area contributed by atoms with Gasteiger partial charge in [-0.2, -0.15) is 0 Å². The third-order valence-electron chi connectivity index (χ3n) is 9.33. The number of fused-ring (bicyclic) bond motifs is 1. The summed E-state index contributed by atoms with van der Waals surface area (Å²) < 4.78 is 6.03. The van der Waals surface area contributed by atoms with Gasteiger partial charge in [-0.1, -0.05) is 86.7 Å². The van der Waals surface area contributed by atoms with Crippen molar-refractivity contribution in [2.24, 2.45) is 0 Å². The highest BCUT2D eigenvalue weighted by atomic mass is 16.5. The molecule has 0 saturated carbocycles. The molecule has 1 aliphatic carbocycles. The number of aryl methyl sites for hydroxylation is 1. The van der Waals surface area contributed by atoms with Crippen molar-refractivity contribution in [1.82, 2.24) is 20.9 Å². The number of carbonyl (C=O) groups is 3. The van der Waals surface area contributed by atoms with Gasteiger partial charge in [-0.3, -0.25) is 14.4 Å². The van der Waals surface area contributed by atoms with E-state index in [0.29, 0.717) is 25.5 Å². The van der Waals surface area contributed by atoms with Gasteiger partial charge in [0.25, 0.3) is 0 Å². The van der Waals surface area contributed by atoms with Crippen LogP contribution in [0.15, 0.2) is 84.9 Å². The molecule has 0 spiro atoms. The minimum absolute atomic E-state index is 0.0811. The Hall–Kier alpha value is -4.43. The van der Waals surface area contributed by atoms with Crippen molar-refractivity contribution < 1.29 is 19.1 Å². The maximum absolute atomic E-state index is 14.2. The van der Waals surface area contributed by atoms with Crippen molar-refractivity contribution in [2.45, 2.75) is 89.6 Å². The Morgan fingerprint density at radius 3 is 2.36 bits per heavy atom. The van der Waals surface area contributed by atoms with E-state index in [1.165, 1.54) is 11.1 Å². The fourth-order valence-electron chi connectivity index (χ4n) is 6.28. The minimum atomic E-state index is -0.846. The summed E-state index contributed by atoms with van der Waals surface area (Å²) in [5, 5.41) is 9.15. The maximum Gasteiger partial charge on any atom is 0.246 e. The molecule has 0 bridgehead atoms. The molecule has 3 N–H and O–H groups in total. The molecule has 3 amide bonds. The molecule has 3 unspecified atom stereocenters. The molecule has 47 heavy (non-hydrogen) atoms. The van der Waals surface area contributed by atoms with E-state index in [4.69, 9.17) is 4.74 Å². The Morgan fingerprint density at radius 2 is 1.64 bits per heavy atom. The first kappa shape index (κ1) is 33.9. The Morgan fingerprint density at radius 1 is 0.915 bits per heavy atom. The lowest BCUT2D eigenvalue weighted by Crippen LogP contribution is -2.58. The van der Waals surface area contributed by atoms with Crippen LogP contribution in [0.25, 0.3) is 0 Å². The lowest BCUT2D eigenvalue weighted by molar-refractivity contribution is -0.143. The smallest absolute Gasteiger partial charge is 0.246 e. The number of amides is 3. The summed E-state index contributed by atoms with van der Waals surface area (Å²) in [5.41, 5.74) is 5.67. The summed E-state index contributed by atoms with van der Waals surface area (Å²) >= 11 is 0. The van der Waals surface area contributed by atoms with Crippen LogP contribution >= 0.6 is 0 Å². The first-order valence-electron chi connectivity index (χ1n) is 16.8. The Kier molecular flexibility index (Phi) is 11.5. The summed E-state index contributed by atoms with van der Waals surface area (Å²) in [6.45, 7) is 6.86. The molecule has 3 aromatic carbocycles. The molecule has 1 aliphatic heterocycles. The number of benzene rings is 3. The van der Waals surface area contributed by atoms with Crippen LogP contribution in [0.4, 0.5) is 0 Å². The fourth-order valence-corrected chi connectivity index (χ4v) is 6.28. The SMILES string of the molecule is CN[C@@H](C)C(=O)NC(Cc1ccc(OCc2ccc(C(C)C)cc2)cc1)C(=O)N1CC=CCC1C(=O)NC1CCCc2ccccc21. The molecule has 0 aromatic heterocycles. The normalized spacial score (nSPS) is 18.6.